The van der Waals surface area contributed by atoms with E-state index in [0.29, 0.717) is 5.75 Å². The number of hydrogen-bond donors (Lipinski definition) is 0. The normalized spacial score (nSPS) is 15.4. The van der Waals surface area contributed by atoms with Gasteiger partial charge in [0.1, 0.15) is 17.4 Å². The topological polar surface area (TPSA) is 47.5 Å². The molecule has 0 aliphatic heterocycles. The predicted molar refractivity (Wildman–Crippen MR) is 95.6 cm³/mol. The number of halogens is 3. The quantitative estimate of drug-likeness (QED) is 0.731. The first kappa shape index (κ1) is 19.3. The average molecular weight is 381 g/mol. The Morgan fingerprint density at radius 2 is 1.74 bits per heavy atom. The first-order chi connectivity index (χ1) is 12.9. The fourth-order valence-corrected chi connectivity index (χ4v) is 3.07. The molecule has 3 rings (SSSR count). The van der Waals surface area contributed by atoms with Gasteiger partial charge in [-0.3, -0.25) is 0 Å². The van der Waals surface area contributed by atoms with Crippen LogP contribution in [0.15, 0.2) is 30.5 Å². The second-order valence-electron chi connectivity index (χ2n) is 6.52. The number of ether oxygens (including phenoxy) is 2. The Bertz CT molecular complexity index is 760. The molecule has 1 heterocycles. The van der Waals surface area contributed by atoms with Crippen LogP contribution in [0.1, 0.15) is 37.7 Å². The van der Waals surface area contributed by atoms with Crippen LogP contribution in [0.3, 0.4) is 0 Å². The molecule has 1 fully saturated rings. The smallest absolute Gasteiger partial charge is 0.423 e. The summed E-state index contributed by atoms with van der Waals surface area (Å²) in [6, 6.07) is 7.08. The summed E-state index contributed by atoms with van der Waals surface area (Å²) < 4.78 is 50.8. The fourth-order valence-electron chi connectivity index (χ4n) is 3.07. The van der Waals surface area contributed by atoms with Crippen molar-refractivity contribution < 1.29 is 22.6 Å². The van der Waals surface area contributed by atoms with Crippen LogP contribution in [0.4, 0.5) is 24.8 Å². The first-order valence-corrected chi connectivity index (χ1v) is 8.87. The zero-order valence-corrected chi connectivity index (χ0v) is 15.3. The molecule has 27 heavy (non-hydrogen) atoms. The largest absolute Gasteiger partial charge is 0.497 e. The number of methoxy groups -OCH3 is 1. The Labute approximate surface area is 156 Å². The monoisotopic (exact) mass is 381 g/mol. The summed E-state index contributed by atoms with van der Waals surface area (Å²) in [5, 5.41) is 0. The molecule has 1 aliphatic carbocycles. The summed E-state index contributed by atoms with van der Waals surface area (Å²) in [6.07, 6.45) is 0.457. The van der Waals surface area contributed by atoms with Crippen LogP contribution in [0.2, 0.25) is 0 Å². The van der Waals surface area contributed by atoms with E-state index >= 15 is 0 Å². The highest BCUT2D eigenvalue weighted by atomic mass is 19.4. The van der Waals surface area contributed by atoms with Crippen LogP contribution in [0.5, 0.6) is 11.6 Å². The Balaban J connectivity index is 1.89. The highest BCUT2D eigenvalue weighted by Gasteiger charge is 2.37. The molecule has 0 unspecified atom stereocenters. The van der Waals surface area contributed by atoms with Gasteiger partial charge >= 0.3 is 6.18 Å². The molecule has 0 atom stereocenters. The first-order valence-electron chi connectivity index (χ1n) is 8.87. The van der Waals surface area contributed by atoms with E-state index in [1.807, 2.05) is 0 Å². The highest BCUT2D eigenvalue weighted by molar-refractivity contribution is 5.58. The lowest BCUT2D eigenvalue weighted by Crippen LogP contribution is -2.23. The standard InChI is InChI=1S/C19H22F3N3O2/c1-25(13-8-10-14(26-2)11-9-13)18-23-12-16(19(20,21)22)17(24-18)27-15-6-4-3-5-7-15/h8-12,15H,3-7H2,1-2H3. The molecule has 146 valence electrons. The predicted octanol–water partition coefficient (Wildman–Crippen LogP) is 4.98. The zero-order valence-electron chi connectivity index (χ0n) is 15.3. The van der Waals surface area contributed by atoms with E-state index in [2.05, 4.69) is 9.97 Å². The van der Waals surface area contributed by atoms with Gasteiger partial charge in [0.15, 0.2) is 0 Å². The van der Waals surface area contributed by atoms with Crippen LogP contribution >= 0.6 is 0 Å². The number of nitrogens with zero attached hydrogens (tertiary/aromatic N) is 3. The van der Waals surface area contributed by atoms with Crippen molar-refractivity contribution in [2.45, 2.75) is 44.4 Å². The molecule has 0 N–H and O–H groups in total. The van der Waals surface area contributed by atoms with Crippen molar-refractivity contribution in [1.29, 1.82) is 0 Å². The van der Waals surface area contributed by atoms with Crippen molar-refractivity contribution in [3.63, 3.8) is 0 Å². The van der Waals surface area contributed by atoms with Crippen molar-refractivity contribution in [1.82, 2.24) is 9.97 Å². The summed E-state index contributed by atoms with van der Waals surface area (Å²) in [6.45, 7) is 0. The maximum atomic E-state index is 13.4. The third-order valence-electron chi connectivity index (χ3n) is 4.64. The van der Waals surface area contributed by atoms with E-state index in [9.17, 15) is 13.2 Å². The minimum absolute atomic E-state index is 0.138. The van der Waals surface area contributed by atoms with Gasteiger partial charge < -0.3 is 14.4 Å². The van der Waals surface area contributed by atoms with Gasteiger partial charge in [-0.2, -0.15) is 18.2 Å². The number of hydrogen-bond acceptors (Lipinski definition) is 5. The van der Waals surface area contributed by atoms with Gasteiger partial charge in [-0.05, 0) is 49.9 Å². The van der Waals surface area contributed by atoms with Crippen molar-refractivity contribution in [3.05, 3.63) is 36.0 Å². The van der Waals surface area contributed by atoms with Crippen molar-refractivity contribution in [2.24, 2.45) is 0 Å². The molecule has 1 aromatic carbocycles. The molecule has 8 heteroatoms. The third-order valence-corrected chi connectivity index (χ3v) is 4.64. The Morgan fingerprint density at radius 1 is 1.07 bits per heavy atom. The second kappa shape index (κ2) is 8.02. The van der Waals surface area contributed by atoms with Gasteiger partial charge in [0.2, 0.25) is 11.8 Å². The van der Waals surface area contributed by atoms with E-state index in [1.54, 1.807) is 43.3 Å². The zero-order chi connectivity index (χ0) is 19.4. The Hall–Kier alpha value is -2.51. The van der Waals surface area contributed by atoms with Crippen LogP contribution < -0.4 is 14.4 Å². The molecule has 5 nitrogen and oxygen atoms in total. The number of alkyl halides is 3. The van der Waals surface area contributed by atoms with Gasteiger partial charge in [0.05, 0.1) is 7.11 Å². The summed E-state index contributed by atoms with van der Waals surface area (Å²) in [5.74, 6) is 0.417. The average Bonchev–Trinajstić information content (AvgIpc) is 2.67. The van der Waals surface area contributed by atoms with Crippen molar-refractivity contribution in [3.8, 4) is 11.6 Å². The summed E-state index contributed by atoms with van der Waals surface area (Å²) in [4.78, 5) is 9.60. The number of benzene rings is 1. The third kappa shape index (κ3) is 4.61. The minimum atomic E-state index is -4.57. The van der Waals surface area contributed by atoms with Crippen LogP contribution in [-0.4, -0.2) is 30.2 Å². The van der Waals surface area contributed by atoms with E-state index in [0.717, 1.165) is 44.0 Å². The van der Waals surface area contributed by atoms with Crippen LogP contribution in [-0.2, 0) is 6.18 Å². The molecule has 0 radical (unpaired) electrons. The summed E-state index contributed by atoms with van der Waals surface area (Å²) in [5.41, 5.74) is -0.223. The van der Waals surface area contributed by atoms with Crippen molar-refractivity contribution >= 4 is 11.6 Å². The molecule has 0 amide bonds. The molecule has 0 saturated heterocycles. The molecule has 1 aromatic heterocycles. The van der Waals surface area contributed by atoms with Gasteiger partial charge in [0.25, 0.3) is 0 Å². The number of aromatic nitrogens is 2. The van der Waals surface area contributed by atoms with E-state index in [-0.39, 0.29) is 12.1 Å². The highest BCUT2D eigenvalue weighted by Crippen LogP contribution is 2.37. The van der Waals surface area contributed by atoms with E-state index in [1.165, 1.54) is 0 Å². The van der Waals surface area contributed by atoms with Gasteiger partial charge in [-0.1, -0.05) is 6.42 Å². The molecular weight excluding hydrogens is 359 g/mol. The van der Waals surface area contributed by atoms with Gasteiger partial charge in [-0.25, -0.2) is 4.98 Å². The Kier molecular flexibility index (Phi) is 5.72. The molecule has 0 bridgehead atoms. The molecule has 0 spiro atoms. The van der Waals surface area contributed by atoms with Crippen LogP contribution in [0.25, 0.3) is 0 Å². The van der Waals surface area contributed by atoms with Gasteiger partial charge in [0, 0.05) is 18.9 Å². The SMILES string of the molecule is COc1ccc(N(C)c2ncc(C(F)(F)F)c(OC3CCCCC3)n2)cc1. The van der Waals surface area contributed by atoms with Gasteiger partial charge in [-0.15, -0.1) is 0 Å². The molecule has 2 aromatic rings. The lowest BCUT2D eigenvalue weighted by atomic mass is 9.98. The fraction of sp³-hybridized carbons (Fsp3) is 0.474. The summed E-state index contributed by atoms with van der Waals surface area (Å²) >= 11 is 0. The molecular formula is C19H22F3N3O2. The van der Waals surface area contributed by atoms with E-state index in [4.69, 9.17) is 9.47 Å². The molecule has 1 aliphatic rings. The molecule has 1 saturated carbocycles. The lowest BCUT2D eigenvalue weighted by molar-refractivity contribution is -0.140. The number of rotatable bonds is 5. The number of anilines is 2. The second-order valence-corrected chi connectivity index (χ2v) is 6.52. The maximum absolute atomic E-state index is 13.4. The lowest BCUT2D eigenvalue weighted by Gasteiger charge is -2.25. The Morgan fingerprint density at radius 3 is 2.33 bits per heavy atom. The maximum Gasteiger partial charge on any atom is 0.423 e. The minimum Gasteiger partial charge on any atom is -0.497 e. The van der Waals surface area contributed by atoms with Crippen LogP contribution in [0, 0.1) is 0 Å². The van der Waals surface area contributed by atoms with E-state index < -0.39 is 17.6 Å². The summed E-state index contributed by atoms with van der Waals surface area (Å²) in [7, 11) is 3.25. The van der Waals surface area contributed by atoms with Crippen molar-refractivity contribution in [2.75, 3.05) is 19.1 Å².